The molecule has 0 bridgehead atoms. The Balaban J connectivity index is 1.81. The SMILES string of the molecule is O=c1c2ccsc2[nH]c(=S)n1C1CC1c1ccccc1. The molecule has 5 heteroatoms. The third-order valence-electron chi connectivity index (χ3n) is 3.87. The lowest BCUT2D eigenvalue weighted by atomic mass is 10.1. The fraction of sp³-hybridized carbons (Fsp3) is 0.200. The fourth-order valence-electron chi connectivity index (χ4n) is 2.78. The number of H-pyrrole nitrogens is 1. The first kappa shape index (κ1) is 12.1. The largest absolute Gasteiger partial charge is 0.323 e. The van der Waals surface area contributed by atoms with E-state index in [1.807, 2.05) is 29.6 Å². The summed E-state index contributed by atoms with van der Waals surface area (Å²) in [5.41, 5.74) is 1.32. The third-order valence-corrected chi connectivity index (χ3v) is 5.00. The monoisotopic (exact) mass is 300 g/mol. The number of aromatic amines is 1. The van der Waals surface area contributed by atoms with Crippen LogP contribution in [0, 0.1) is 4.77 Å². The van der Waals surface area contributed by atoms with E-state index in [0.717, 1.165) is 16.6 Å². The summed E-state index contributed by atoms with van der Waals surface area (Å²) in [6, 6.07) is 12.4. The Kier molecular flexibility index (Phi) is 2.65. The fourth-order valence-corrected chi connectivity index (χ4v) is 3.94. The van der Waals surface area contributed by atoms with E-state index in [0.29, 0.717) is 10.7 Å². The molecule has 0 spiro atoms. The van der Waals surface area contributed by atoms with Crippen molar-refractivity contribution in [1.82, 2.24) is 9.55 Å². The van der Waals surface area contributed by atoms with Crippen LogP contribution in [0.15, 0.2) is 46.6 Å². The number of aromatic nitrogens is 2. The number of nitrogens with zero attached hydrogens (tertiary/aromatic N) is 1. The Bertz CT molecular complexity index is 891. The maximum Gasteiger partial charge on any atom is 0.263 e. The van der Waals surface area contributed by atoms with E-state index in [1.165, 1.54) is 16.9 Å². The van der Waals surface area contributed by atoms with Gasteiger partial charge in [0.05, 0.1) is 5.39 Å². The van der Waals surface area contributed by atoms with Gasteiger partial charge >= 0.3 is 0 Å². The average molecular weight is 300 g/mol. The molecular weight excluding hydrogens is 288 g/mol. The molecule has 1 aliphatic rings. The van der Waals surface area contributed by atoms with Crippen LogP contribution < -0.4 is 5.56 Å². The summed E-state index contributed by atoms with van der Waals surface area (Å²) in [4.78, 5) is 16.6. The second-order valence-corrected chi connectivity index (χ2v) is 6.39. The van der Waals surface area contributed by atoms with Crippen LogP contribution >= 0.6 is 23.6 Å². The van der Waals surface area contributed by atoms with Crippen LogP contribution in [0.1, 0.15) is 23.9 Å². The van der Waals surface area contributed by atoms with Crippen molar-refractivity contribution < 1.29 is 0 Å². The summed E-state index contributed by atoms with van der Waals surface area (Å²) in [5, 5.41) is 2.66. The highest BCUT2D eigenvalue weighted by Gasteiger charge is 2.41. The van der Waals surface area contributed by atoms with Gasteiger partial charge in [0.1, 0.15) is 4.83 Å². The first-order valence-electron chi connectivity index (χ1n) is 6.52. The molecule has 20 heavy (non-hydrogen) atoms. The summed E-state index contributed by atoms with van der Waals surface area (Å²) in [6.45, 7) is 0. The number of thiophene rings is 1. The summed E-state index contributed by atoms with van der Waals surface area (Å²) >= 11 is 6.88. The summed E-state index contributed by atoms with van der Waals surface area (Å²) in [5.74, 6) is 0.403. The van der Waals surface area contributed by atoms with Gasteiger partial charge in [-0.3, -0.25) is 9.36 Å². The van der Waals surface area contributed by atoms with Gasteiger partial charge in [-0.25, -0.2) is 0 Å². The zero-order valence-corrected chi connectivity index (χ0v) is 12.2. The maximum atomic E-state index is 12.6. The number of fused-ring (bicyclic) bond motifs is 1. The zero-order chi connectivity index (χ0) is 13.7. The quantitative estimate of drug-likeness (QED) is 0.730. The second-order valence-electron chi connectivity index (χ2n) is 5.09. The Hall–Kier alpha value is -1.72. The molecule has 1 aliphatic carbocycles. The highest BCUT2D eigenvalue weighted by Crippen LogP contribution is 2.50. The minimum Gasteiger partial charge on any atom is -0.323 e. The molecule has 1 N–H and O–H groups in total. The van der Waals surface area contributed by atoms with E-state index < -0.39 is 0 Å². The smallest absolute Gasteiger partial charge is 0.263 e. The van der Waals surface area contributed by atoms with Crippen LogP contribution in [0.4, 0.5) is 0 Å². The molecule has 1 aromatic carbocycles. The first-order chi connectivity index (χ1) is 9.75. The molecule has 0 aliphatic heterocycles. The maximum absolute atomic E-state index is 12.6. The summed E-state index contributed by atoms with van der Waals surface area (Å²) in [7, 11) is 0. The molecule has 3 nitrogen and oxygen atoms in total. The minimum atomic E-state index is 0.0356. The van der Waals surface area contributed by atoms with Crippen molar-refractivity contribution >= 4 is 33.8 Å². The van der Waals surface area contributed by atoms with Crippen molar-refractivity contribution in [2.24, 2.45) is 0 Å². The van der Waals surface area contributed by atoms with Crippen molar-refractivity contribution in [3.05, 3.63) is 62.5 Å². The molecule has 4 rings (SSSR count). The molecule has 1 fully saturated rings. The van der Waals surface area contributed by atoms with Gasteiger partial charge < -0.3 is 4.98 Å². The van der Waals surface area contributed by atoms with Gasteiger partial charge in [-0.05, 0) is 35.6 Å². The van der Waals surface area contributed by atoms with E-state index >= 15 is 0 Å². The number of benzene rings is 1. The molecule has 0 saturated heterocycles. The molecule has 2 atom stereocenters. The van der Waals surface area contributed by atoms with E-state index in [-0.39, 0.29) is 11.6 Å². The summed E-state index contributed by atoms with van der Waals surface area (Å²) in [6.07, 6.45) is 0.983. The van der Waals surface area contributed by atoms with Crippen LogP contribution in [-0.4, -0.2) is 9.55 Å². The van der Waals surface area contributed by atoms with Crippen LogP contribution in [0.5, 0.6) is 0 Å². The topological polar surface area (TPSA) is 37.8 Å². The van der Waals surface area contributed by atoms with Gasteiger partial charge in [0.15, 0.2) is 4.77 Å². The first-order valence-corrected chi connectivity index (χ1v) is 7.81. The molecule has 2 heterocycles. The molecular formula is C15H12N2OS2. The van der Waals surface area contributed by atoms with Gasteiger partial charge in [0, 0.05) is 12.0 Å². The molecule has 100 valence electrons. The number of rotatable bonds is 2. The highest BCUT2D eigenvalue weighted by atomic mass is 32.1. The molecule has 2 unspecified atom stereocenters. The Labute approximate surface area is 124 Å². The normalized spacial score (nSPS) is 21.2. The lowest BCUT2D eigenvalue weighted by molar-refractivity contribution is 0.667. The predicted molar refractivity (Wildman–Crippen MR) is 84.1 cm³/mol. The number of hydrogen-bond acceptors (Lipinski definition) is 3. The second kappa shape index (κ2) is 4.40. The van der Waals surface area contributed by atoms with Crippen LogP contribution in [0.25, 0.3) is 10.2 Å². The van der Waals surface area contributed by atoms with Crippen LogP contribution in [-0.2, 0) is 0 Å². The van der Waals surface area contributed by atoms with Gasteiger partial charge in [-0.2, -0.15) is 0 Å². The lowest BCUT2D eigenvalue weighted by Crippen LogP contribution is -2.21. The lowest BCUT2D eigenvalue weighted by Gasteiger charge is -2.06. The molecule has 0 amide bonds. The van der Waals surface area contributed by atoms with Gasteiger partial charge in [-0.1, -0.05) is 30.3 Å². The minimum absolute atomic E-state index is 0.0356. The van der Waals surface area contributed by atoms with E-state index in [4.69, 9.17) is 12.2 Å². The van der Waals surface area contributed by atoms with Crippen molar-refractivity contribution in [2.45, 2.75) is 18.4 Å². The Morgan fingerprint density at radius 3 is 2.85 bits per heavy atom. The predicted octanol–water partition coefficient (Wildman–Crippen LogP) is 3.85. The van der Waals surface area contributed by atoms with E-state index in [9.17, 15) is 4.79 Å². The van der Waals surface area contributed by atoms with Crippen molar-refractivity contribution in [3.8, 4) is 0 Å². The van der Waals surface area contributed by atoms with Crippen LogP contribution in [0.3, 0.4) is 0 Å². The molecule has 2 aromatic heterocycles. The van der Waals surface area contributed by atoms with Gasteiger partial charge in [-0.15, -0.1) is 11.3 Å². The Morgan fingerprint density at radius 2 is 2.05 bits per heavy atom. The molecule has 0 radical (unpaired) electrons. The number of nitrogens with one attached hydrogen (secondary N) is 1. The van der Waals surface area contributed by atoms with Gasteiger partial charge in [0.2, 0.25) is 0 Å². The van der Waals surface area contributed by atoms with Crippen molar-refractivity contribution in [1.29, 1.82) is 0 Å². The third kappa shape index (κ3) is 1.77. The molecule has 3 aromatic rings. The number of hydrogen-bond donors (Lipinski definition) is 1. The van der Waals surface area contributed by atoms with Crippen molar-refractivity contribution in [2.75, 3.05) is 0 Å². The highest BCUT2D eigenvalue weighted by molar-refractivity contribution is 7.71. The van der Waals surface area contributed by atoms with Crippen LogP contribution in [0.2, 0.25) is 0 Å². The van der Waals surface area contributed by atoms with E-state index in [2.05, 4.69) is 17.1 Å². The van der Waals surface area contributed by atoms with Crippen molar-refractivity contribution in [3.63, 3.8) is 0 Å². The zero-order valence-electron chi connectivity index (χ0n) is 10.6. The standard InChI is InChI=1S/C15H12N2OS2/c18-14-10-6-7-20-13(10)16-15(19)17(14)12-8-11(12)9-4-2-1-3-5-9/h1-7,11-12H,8H2,(H,16,19). The Morgan fingerprint density at radius 1 is 1.25 bits per heavy atom. The summed E-state index contributed by atoms with van der Waals surface area (Å²) < 4.78 is 2.29. The molecule has 1 saturated carbocycles. The average Bonchev–Trinajstić information content (AvgIpc) is 3.09. The van der Waals surface area contributed by atoms with E-state index in [1.54, 1.807) is 4.57 Å². The van der Waals surface area contributed by atoms with Gasteiger partial charge in [0.25, 0.3) is 5.56 Å².